The van der Waals surface area contributed by atoms with E-state index in [1.165, 1.54) is 7.11 Å². The number of halogens is 3. The molecule has 1 rings (SSSR count). The van der Waals surface area contributed by atoms with Crippen molar-refractivity contribution in [2.75, 3.05) is 7.11 Å². The van der Waals surface area contributed by atoms with Crippen LogP contribution >= 0.6 is 15.9 Å². The van der Waals surface area contributed by atoms with Gasteiger partial charge in [-0.25, -0.2) is 8.78 Å². The minimum atomic E-state index is -2.91. The predicted molar refractivity (Wildman–Crippen MR) is 50.1 cm³/mol. The molecule has 0 atom stereocenters. The summed E-state index contributed by atoms with van der Waals surface area (Å²) >= 11 is 2.84. The molecule has 0 amide bonds. The molecule has 0 saturated heterocycles. The first-order valence-electron chi connectivity index (χ1n) is 3.64. The van der Waals surface area contributed by atoms with Crippen LogP contribution in [0.3, 0.4) is 0 Å². The molecule has 82 valence electrons. The van der Waals surface area contributed by atoms with Crippen molar-refractivity contribution in [3.63, 3.8) is 0 Å². The van der Waals surface area contributed by atoms with Crippen LogP contribution in [0, 0.1) is 10.1 Å². The maximum absolute atomic E-state index is 12.4. The zero-order valence-electron chi connectivity index (χ0n) is 7.41. The van der Waals surface area contributed by atoms with E-state index in [1.807, 2.05) is 0 Å². The van der Waals surface area contributed by atoms with Crippen molar-refractivity contribution in [1.82, 2.24) is 4.98 Å². The third-order valence-corrected chi connectivity index (χ3v) is 2.35. The van der Waals surface area contributed by atoms with Gasteiger partial charge >= 0.3 is 12.2 Å². The van der Waals surface area contributed by atoms with Crippen LogP contribution < -0.4 is 4.74 Å². The van der Waals surface area contributed by atoms with Crippen molar-refractivity contribution >= 4 is 21.7 Å². The third kappa shape index (κ3) is 2.38. The Balaban J connectivity index is 3.38. The van der Waals surface area contributed by atoms with Crippen LogP contribution in [0.4, 0.5) is 14.6 Å². The minimum Gasteiger partial charge on any atom is -0.495 e. The van der Waals surface area contributed by atoms with E-state index in [1.54, 1.807) is 0 Å². The molecule has 0 radical (unpaired) electrons. The average molecular weight is 283 g/mol. The highest BCUT2D eigenvalue weighted by Gasteiger charge is 2.26. The van der Waals surface area contributed by atoms with Crippen molar-refractivity contribution in [2.45, 2.75) is 6.43 Å². The second-order valence-corrected chi connectivity index (χ2v) is 3.23. The number of ether oxygens (including phenoxy) is 1. The van der Waals surface area contributed by atoms with Crippen LogP contribution in [0.2, 0.25) is 0 Å². The lowest BCUT2D eigenvalue weighted by Crippen LogP contribution is -2.00. The molecule has 8 heteroatoms. The van der Waals surface area contributed by atoms with E-state index >= 15 is 0 Å². The van der Waals surface area contributed by atoms with Crippen LogP contribution in [-0.2, 0) is 0 Å². The lowest BCUT2D eigenvalue weighted by atomic mass is 10.3. The molecule has 1 aromatic rings. The fraction of sp³-hybridized carbons (Fsp3) is 0.286. The molecule has 0 fully saturated rings. The Hall–Kier alpha value is -1.31. The first-order chi connectivity index (χ1) is 6.97. The Morgan fingerprint density at radius 1 is 1.67 bits per heavy atom. The number of hydrogen-bond acceptors (Lipinski definition) is 4. The maximum atomic E-state index is 12.4. The van der Waals surface area contributed by atoms with Crippen LogP contribution in [0.1, 0.15) is 12.1 Å². The largest absolute Gasteiger partial charge is 0.495 e. The molecular formula is C7H5BrF2N2O3. The summed E-state index contributed by atoms with van der Waals surface area (Å²) in [4.78, 5) is 12.7. The molecular weight excluding hydrogens is 278 g/mol. The van der Waals surface area contributed by atoms with Crippen LogP contribution in [0.25, 0.3) is 0 Å². The lowest BCUT2D eigenvalue weighted by Gasteiger charge is -2.04. The molecule has 0 aliphatic heterocycles. The molecule has 0 unspecified atom stereocenters. The first-order valence-corrected chi connectivity index (χ1v) is 4.43. The fourth-order valence-corrected chi connectivity index (χ4v) is 1.44. The highest BCUT2D eigenvalue weighted by atomic mass is 79.9. The highest BCUT2D eigenvalue weighted by Crippen LogP contribution is 2.35. The zero-order valence-corrected chi connectivity index (χ0v) is 8.99. The molecule has 1 heterocycles. The van der Waals surface area contributed by atoms with Gasteiger partial charge in [-0.1, -0.05) is 0 Å². The molecule has 0 aromatic carbocycles. The summed E-state index contributed by atoms with van der Waals surface area (Å²) < 4.78 is 29.5. The Bertz CT molecular complexity index is 400. The zero-order chi connectivity index (χ0) is 11.6. The van der Waals surface area contributed by atoms with Crippen molar-refractivity contribution in [1.29, 1.82) is 0 Å². The van der Waals surface area contributed by atoms with E-state index in [0.717, 1.165) is 6.07 Å². The Kier molecular flexibility index (Phi) is 3.51. The van der Waals surface area contributed by atoms with E-state index in [4.69, 9.17) is 4.74 Å². The second kappa shape index (κ2) is 4.47. The van der Waals surface area contributed by atoms with Gasteiger partial charge in [-0.15, -0.1) is 0 Å². The number of pyridine rings is 1. The summed E-state index contributed by atoms with van der Waals surface area (Å²) in [7, 11) is 1.22. The third-order valence-electron chi connectivity index (χ3n) is 1.55. The van der Waals surface area contributed by atoms with E-state index in [9.17, 15) is 18.9 Å². The predicted octanol–water partition coefficient (Wildman–Crippen LogP) is 2.70. The van der Waals surface area contributed by atoms with Crippen molar-refractivity contribution in [3.8, 4) is 5.75 Å². The van der Waals surface area contributed by atoms with Gasteiger partial charge in [0.05, 0.1) is 13.2 Å². The van der Waals surface area contributed by atoms with Crippen LogP contribution in [0.5, 0.6) is 5.75 Å². The smallest absolute Gasteiger partial charge is 0.367 e. The molecule has 1 aromatic heterocycles. The lowest BCUT2D eigenvalue weighted by molar-refractivity contribution is -0.389. The fourth-order valence-electron chi connectivity index (χ4n) is 0.898. The van der Waals surface area contributed by atoms with Crippen LogP contribution in [0.15, 0.2) is 10.5 Å². The van der Waals surface area contributed by atoms with Gasteiger partial charge in [-0.2, -0.15) is 0 Å². The van der Waals surface area contributed by atoms with Crippen molar-refractivity contribution < 1.29 is 18.4 Å². The van der Waals surface area contributed by atoms with E-state index in [2.05, 4.69) is 20.9 Å². The summed E-state index contributed by atoms with van der Waals surface area (Å²) in [5.41, 5.74) is -0.707. The van der Waals surface area contributed by atoms with E-state index in [-0.39, 0.29) is 10.2 Å². The van der Waals surface area contributed by atoms with E-state index in [0.29, 0.717) is 0 Å². The SMILES string of the molecule is COc1cc([N+](=O)[O-])nc(C(F)F)c1Br. The average Bonchev–Trinajstić information content (AvgIpc) is 2.17. The molecule has 0 spiro atoms. The Labute approximate surface area is 91.3 Å². The van der Waals surface area contributed by atoms with E-state index < -0.39 is 22.9 Å². The summed E-state index contributed by atoms with van der Waals surface area (Å²) in [5, 5.41) is 10.4. The molecule has 0 bridgehead atoms. The number of nitro groups is 1. The summed E-state index contributed by atoms with van der Waals surface area (Å²) in [6.45, 7) is 0. The maximum Gasteiger partial charge on any atom is 0.367 e. The van der Waals surface area contributed by atoms with Gasteiger partial charge < -0.3 is 14.9 Å². The minimum absolute atomic E-state index is 0.0491. The topological polar surface area (TPSA) is 65.3 Å². The number of aromatic nitrogens is 1. The number of methoxy groups -OCH3 is 1. The normalized spacial score (nSPS) is 10.5. The molecule has 0 aliphatic carbocycles. The Morgan fingerprint density at radius 3 is 2.67 bits per heavy atom. The molecule has 0 saturated carbocycles. The van der Waals surface area contributed by atoms with Crippen molar-refractivity contribution in [3.05, 3.63) is 26.3 Å². The van der Waals surface area contributed by atoms with Crippen molar-refractivity contribution in [2.24, 2.45) is 0 Å². The summed E-state index contributed by atoms with van der Waals surface area (Å²) in [5.74, 6) is -0.725. The van der Waals surface area contributed by atoms with Gasteiger partial charge in [0.1, 0.15) is 10.2 Å². The molecule has 0 N–H and O–H groups in total. The number of rotatable bonds is 3. The molecule has 5 nitrogen and oxygen atoms in total. The number of alkyl halides is 2. The van der Waals surface area contributed by atoms with Gasteiger partial charge in [-0.3, -0.25) is 0 Å². The van der Waals surface area contributed by atoms with Crippen LogP contribution in [-0.4, -0.2) is 17.0 Å². The van der Waals surface area contributed by atoms with Gasteiger partial charge in [0.15, 0.2) is 0 Å². The number of hydrogen-bond donors (Lipinski definition) is 0. The molecule has 0 aliphatic rings. The first kappa shape index (κ1) is 11.8. The van der Waals surface area contributed by atoms with Gasteiger partial charge in [-0.05, 0) is 25.8 Å². The van der Waals surface area contributed by atoms with Gasteiger partial charge in [0, 0.05) is 0 Å². The second-order valence-electron chi connectivity index (χ2n) is 2.44. The number of nitrogens with zero attached hydrogens (tertiary/aromatic N) is 2. The highest BCUT2D eigenvalue weighted by molar-refractivity contribution is 9.10. The molecule has 15 heavy (non-hydrogen) atoms. The van der Waals surface area contributed by atoms with Gasteiger partial charge in [0.25, 0.3) is 0 Å². The van der Waals surface area contributed by atoms with Gasteiger partial charge in [0.2, 0.25) is 5.69 Å². The summed E-state index contributed by atoms with van der Waals surface area (Å²) in [6.07, 6.45) is -2.91. The quantitative estimate of drug-likeness (QED) is 0.632. The summed E-state index contributed by atoms with van der Waals surface area (Å²) in [6, 6.07) is 0.968. The Morgan fingerprint density at radius 2 is 2.27 bits per heavy atom. The standard InChI is InChI=1S/C7H5BrF2N2O3/c1-15-3-2-4(12(13)14)11-6(5(3)8)7(9)10/h2,7H,1H3. The monoisotopic (exact) mass is 282 g/mol.